The standard InChI is InChI=1S/C12H13N3OS/c1-8-7-9(4-5-14-8)15-12(16)11(13)10-3-2-6-17-10/h2-7,11H,13H2,1H3,(H,14,15,16). The highest BCUT2D eigenvalue weighted by atomic mass is 32.1. The number of rotatable bonds is 3. The summed E-state index contributed by atoms with van der Waals surface area (Å²) in [7, 11) is 0. The van der Waals surface area contributed by atoms with Crippen LogP contribution in [0.25, 0.3) is 0 Å². The zero-order valence-corrected chi connectivity index (χ0v) is 10.2. The van der Waals surface area contributed by atoms with E-state index in [2.05, 4.69) is 10.3 Å². The lowest BCUT2D eigenvalue weighted by atomic mass is 10.2. The molecule has 0 aliphatic heterocycles. The van der Waals surface area contributed by atoms with Gasteiger partial charge in [-0.2, -0.15) is 0 Å². The van der Waals surface area contributed by atoms with Gasteiger partial charge in [0.05, 0.1) is 0 Å². The van der Waals surface area contributed by atoms with E-state index in [-0.39, 0.29) is 5.91 Å². The highest BCUT2D eigenvalue weighted by Crippen LogP contribution is 2.18. The van der Waals surface area contributed by atoms with Gasteiger partial charge in [-0.15, -0.1) is 11.3 Å². The number of amides is 1. The zero-order valence-electron chi connectivity index (χ0n) is 9.38. The molecule has 0 spiro atoms. The van der Waals surface area contributed by atoms with E-state index in [4.69, 9.17) is 5.73 Å². The van der Waals surface area contributed by atoms with E-state index in [1.807, 2.05) is 24.4 Å². The Morgan fingerprint density at radius 1 is 1.53 bits per heavy atom. The first-order valence-corrected chi connectivity index (χ1v) is 6.07. The molecule has 17 heavy (non-hydrogen) atoms. The van der Waals surface area contributed by atoms with Crippen molar-refractivity contribution in [1.82, 2.24) is 4.98 Å². The smallest absolute Gasteiger partial charge is 0.246 e. The monoisotopic (exact) mass is 247 g/mol. The van der Waals surface area contributed by atoms with Crippen LogP contribution in [0.15, 0.2) is 35.8 Å². The Morgan fingerprint density at radius 2 is 2.35 bits per heavy atom. The summed E-state index contributed by atoms with van der Waals surface area (Å²) >= 11 is 1.47. The number of thiophene rings is 1. The molecule has 1 unspecified atom stereocenters. The van der Waals surface area contributed by atoms with Gasteiger partial charge in [-0.05, 0) is 30.5 Å². The molecule has 0 saturated carbocycles. The molecule has 0 bridgehead atoms. The summed E-state index contributed by atoms with van der Waals surface area (Å²) in [6.07, 6.45) is 1.65. The molecular formula is C12H13N3OS. The molecule has 0 aromatic carbocycles. The SMILES string of the molecule is Cc1cc(NC(=O)C(N)c2cccs2)ccn1. The minimum Gasteiger partial charge on any atom is -0.324 e. The van der Waals surface area contributed by atoms with Crippen molar-refractivity contribution in [2.75, 3.05) is 5.32 Å². The van der Waals surface area contributed by atoms with Crippen LogP contribution in [0.5, 0.6) is 0 Å². The van der Waals surface area contributed by atoms with Crippen molar-refractivity contribution in [3.8, 4) is 0 Å². The molecule has 0 fully saturated rings. The number of carbonyl (C=O) groups is 1. The van der Waals surface area contributed by atoms with Gasteiger partial charge in [-0.1, -0.05) is 6.07 Å². The second kappa shape index (κ2) is 5.07. The minimum atomic E-state index is -0.622. The predicted octanol–water partition coefficient (Wildman–Crippen LogP) is 2.09. The van der Waals surface area contributed by atoms with Gasteiger partial charge >= 0.3 is 0 Å². The minimum absolute atomic E-state index is 0.210. The number of hydrogen-bond donors (Lipinski definition) is 2. The van der Waals surface area contributed by atoms with Crippen molar-refractivity contribution >= 4 is 22.9 Å². The molecule has 0 aliphatic carbocycles. The molecule has 2 aromatic rings. The molecule has 0 aliphatic rings. The first-order valence-electron chi connectivity index (χ1n) is 5.19. The number of anilines is 1. The maximum Gasteiger partial charge on any atom is 0.246 e. The maximum absolute atomic E-state index is 11.9. The van der Waals surface area contributed by atoms with Gasteiger partial charge in [0, 0.05) is 22.5 Å². The Balaban J connectivity index is 2.07. The van der Waals surface area contributed by atoms with Gasteiger partial charge in [0.2, 0.25) is 5.91 Å². The second-order valence-electron chi connectivity index (χ2n) is 3.67. The van der Waals surface area contributed by atoms with Crippen molar-refractivity contribution in [3.05, 3.63) is 46.4 Å². The van der Waals surface area contributed by atoms with Crippen LogP contribution in [0.1, 0.15) is 16.6 Å². The van der Waals surface area contributed by atoms with E-state index in [1.165, 1.54) is 11.3 Å². The van der Waals surface area contributed by atoms with Crippen molar-refractivity contribution in [3.63, 3.8) is 0 Å². The third-order valence-corrected chi connectivity index (χ3v) is 3.25. The van der Waals surface area contributed by atoms with Crippen molar-refractivity contribution in [2.24, 2.45) is 5.73 Å². The quantitative estimate of drug-likeness (QED) is 0.872. The number of aromatic nitrogens is 1. The normalized spacial score (nSPS) is 12.1. The average molecular weight is 247 g/mol. The van der Waals surface area contributed by atoms with Gasteiger partial charge in [0.15, 0.2) is 0 Å². The fraction of sp³-hybridized carbons (Fsp3) is 0.167. The number of hydrogen-bond acceptors (Lipinski definition) is 4. The van der Waals surface area contributed by atoms with Crippen molar-refractivity contribution in [2.45, 2.75) is 13.0 Å². The number of aryl methyl sites for hydroxylation is 1. The molecule has 1 atom stereocenters. The molecule has 3 N–H and O–H groups in total. The van der Waals surface area contributed by atoms with Gasteiger partial charge in [-0.25, -0.2) is 0 Å². The lowest BCUT2D eigenvalue weighted by molar-refractivity contribution is -0.117. The van der Waals surface area contributed by atoms with Crippen LogP contribution in [0, 0.1) is 6.92 Å². The van der Waals surface area contributed by atoms with E-state index in [9.17, 15) is 4.79 Å². The van der Waals surface area contributed by atoms with Crippen LogP contribution in [0.3, 0.4) is 0 Å². The van der Waals surface area contributed by atoms with Crippen LogP contribution in [0.2, 0.25) is 0 Å². The number of nitrogens with zero attached hydrogens (tertiary/aromatic N) is 1. The predicted molar refractivity (Wildman–Crippen MR) is 68.9 cm³/mol. The summed E-state index contributed by atoms with van der Waals surface area (Å²) in [4.78, 5) is 16.8. The summed E-state index contributed by atoms with van der Waals surface area (Å²) < 4.78 is 0. The third kappa shape index (κ3) is 2.89. The van der Waals surface area contributed by atoms with E-state index in [1.54, 1.807) is 18.3 Å². The topological polar surface area (TPSA) is 68.0 Å². The lowest BCUT2D eigenvalue weighted by Crippen LogP contribution is -2.27. The molecule has 0 saturated heterocycles. The van der Waals surface area contributed by atoms with Crippen LogP contribution in [-0.2, 0) is 4.79 Å². The zero-order chi connectivity index (χ0) is 12.3. The average Bonchev–Trinajstić information content (AvgIpc) is 2.81. The van der Waals surface area contributed by atoms with Crippen LogP contribution in [-0.4, -0.2) is 10.9 Å². The third-order valence-electron chi connectivity index (χ3n) is 2.30. The molecule has 0 radical (unpaired) electrons. The molecule has 2 rings (SSSR count). The number of nitrogens with one attached hydrogen (secondary N) is 1. The largest absolute Gasteiger partial charge is 0.324 e. The van der Waals surface area contributed by atoms with E-state index >= 15 is 0 Å². The van der Waals surface area contributed by atoms with Crippen molar-refractivity contribution in [1.29, 1.82) is 0 Å². The van der Waals surface area contributed by atoms with E-state index in [0.29, 0.717) is 0 Å². The summed E-state index contributed by atoms with van der Waals surface area (Å²) in [6, 6.07) is 6.66. The van der Waals surface area contributed by atoms with Crippen molar-refractivity contribution < 1.29 is 4.79 Å². The van der Waals surface area contributed by atoms with Crippen LogP contribution < -0.4 is 11.1 Å². The Morgan fingerprint density at radius 3 is 3.00 bits per heavy atom. The number of carbonyl (C=O) groups excluding carboxylic acids is 1. The first kappa shape index (κ1) is 11.8. The Hall–Kier alpha value is -1.72. The first-order chi connectivity index (χ1) is 8.16. The highest BCUT2D eigenvalue weighted by molar-refractivity contribution is 7.10. The highest BCUT2D eigenvalue weighted by Gasteiger charge is 2.16. The van der Waals surface area contributed by atoms with Crippen LogP contribution >= 0.6 is 11.3 Å². The summed E-state index contributed by atoms with van der Waals surface area (Å²) in [5, 5.41) is 4.68. The Bertz CT molecular complexity index is 510. The number of nitrogens with two attached hydrogens (primary N) is 1. The van der Waals surface area contributed by atoms with E-state index < -0.39 is 6.04 Å². The number of pyridine rings is 1. The van der Waals surface area contributed by atoms with Gasteiger partial charge < -0.3 is 11.1 Å². The summed E-state index contributed by atoms with van der Waals surface area (Å²) in [6.45, 7) is 1.87. The summed E-state index contributed by atoms with van der Waals surface area (Å²) in [5.74, 6) is -0.210. The molecule has 88 valence electrons. The Kier molecular flexibility index (Phi) is 3.51. The van der Waals surface area contributed by atoms with Gasteiger partial charge in [0.1, 0.15) is 6.04 Å². The molecule has 1 amide bonds. The van der Waals surface area contributed by atoms with Crippen LogP contribution in [0.4, 0.5) is 5.69 Å². The molecule has 2 heterocycles. The fourth-order valence-electron chi connectivity index (χ4n) is 1.44. The Labute approximate surface area is 103 Å². The fourth-order valence-corrected chi connectivity index (χ4v) is 2.17. The maximum atomic E-state index is 11.9. The summed E-state index contributed by atoms with van der Waals surface area (Å²) in [5.41, 5.74) is 7.42. The molecule has 2 aromatic heterocycles. The lowest BCUT2D eigenvalue weighted by Gasteiger charge is -2.10. The molecule has 5 heteroatoms. The molecular weight excluding hydrogens is 234 g/mol. The van der Waals surface area contributed by atoms with Gasteiger partial charge in [0.25, 0.3) is 0 Å². The van der Waals surface area contributed by atoms with E-state index in [0.717, 1.165) is 16.3 Å². The second-order valence-corrected chi connectivity index (χ2v) is 4.65. The van der Waals surface area contributed by atoms with Gasteiger partial charge in [-0.3, -0.25) is 9.78 Å². The molecule has 4 nitrogen and oxygen atoms in total.